The molecular weight excluding hydrogens is 450 g/mol. The van der Waals surface area contributed by atoms with E-state index in [9.17, 15) is 14.7 Å². The van der Waals surface area contributed by atoms with Crippen molar-refractivity contribution >= 4 is 34.9 Å². The summed E-state index contributed by atoms with van der Waals surface area (Å²) in [6.07, 6.45) is 7.08. The maximum absolute atomic E-state index is 13.3. The molecule has 2 heterocycles. The van der Waals surface area contributed by atoms with Gasteiger partial charge in [0, 0.05) is 12.6 Å². The minimum Gasteiger partial charge on any atom is -0.465 e. The third kappa shape index (κ3) is 6.01. The largest absolute Gasteiger partial charge is 0.465 e. The lowest BCUT2D eigenvalue weighted by Crippen LogP contribution is -2.57. The van der Waals surface area contributed by atoms with E-state index in [2.05, 4.69) is 20.9 Å². The summed E-state index contributed by atoms with van der Waals surface area (Å²) in [5, 5.41) is 23.1. The number of nitrogens with one attached hydrogen (secondary N) is 2. The summed E-state index contributed by atoms with van der Waals surface area (Å²) in [6, 6.07) is 0.988. The number of carbonyl (C=O) groups is 2. The average Bonchev–Trinajstić information content (AvgIpc) is 3.30. The molecule has 32 heavy (non-hydrogen) atoms. The molecule has 3 rings (SSSR count). The quantitative estimate of drug-likeness (QED) is 0.518. The summed E-state index contributed by atoms with van der Waals surface area (Å²) in [4.78, 5) is 25.3. The number of rotatable bonds is 7. The van der Waals surface area contributed by atoms with E-state index in [0.717, 1.165) is 25.0 Å². The minimum absolute atomic E-state index is 0.250. The van der Waals surface area contributed by atoms with Crippen LogP contribution in [-0.2, 0) is 7.05 Å². The van der Waals surface area contributed by atoms with E-state index in [4.69, 9.17) is 11.6 Å². The summed E-state index contributed by atoms with van der Waals surface area (Å²) in [6.45, 7) is 5.97. The number of carboxylic acid groups (broad SMARTS) is 1. The highest BCUT2D eigenvalue weighted by Gasteiger charge is 2.36. The van der Waals surface area contributed by atoms with Crippen LogP contribution < -0.4 is 10.6 Å². The molecule has 1 saturated carbocycles. The molecule has 2 amide bonds. The van der Waals surface area contributed by atoms with Crippen molar-refractivity contribution in [3.8, 4) is 11.3 Å². The predicted molar refractivity (Wildman–Crippen MR) is 126 cm³/mol. The molecule has 0 aromatic carbocycles. The molecule has 1 aliphatic carbocycles. The maximum atomic E-state index is 13.3. The Morgan fingerprint density at radius 2 is 1.97 bits per heavy atom. The van der Waals surface area contributed by atoms with Crippen molar-refractivity contribution in [3.63, 3.8) is 0 Å². The molecule has 2 atom stereocenters. The Bertz CT molecular complexity index is 946. The molecule has 0 radical (unpaired) electrons. The van der Waals surface area contributed by atoms with E-state index in [1.807, 2.05) is 20.8 Å². The number of halogens is 1. The molecule has 2 aromatic heterocycles. The standard InChI is InChI=1S/C22H32ClN5O3S/c1-22(2,3)18(26-21(30)31)15(10-13-8-6-5-7-9-13)25-20(29)17-11-14(19(23)32-17)16-12-24-27-28(16)4/h11-13,15,18,26H,5-10H2,1-4H3,(H,25,29)(H,30,31)/t15-,18?/m0/s1. The van der Waals surface area contributed by atoms with Crippen molar-refractivity contribution in [2.24, 2.45) is 18.4 Å². The Labute approximate surface area is 197 Å². The lowest BCUT2D eigenvalue weighted by Gasteiger charge is -2.39. The van der Waals surface area contributed by atoms with Crippen LogP contribution >= 0.6 is 22.9 Å². The SMILES string of the molecule is Cn1nncc1-c1cc(C(=O)N[C@@H](CC2CCCCC2)C(NC(=O)O)C(C)(C)C)sc1Cl. The van der Waals surface area contributed by atoms with Gasteiger partial charge >= 0.3 is 6.09 Å². The molecule has 8 nitrogen and oxygen atoms in total. The molecule has 0 saturated heterocycles. The lowest BCUT2D eigenvalue weighted by atomic mass is 9.76. The van der Waals surface area contributed by atoms with Crippen LogP contribution in [0.4, 0.5) is 4.79 Å². The Balaban J connectivity index is 1.85. The molecule has 2 aromatic rings. The number of aryl methyl sites for hydroxylation is 1. The highest BCUT2D eigenvalue weighted by Crippen LogP contribution is 2.36. The molecule has 0 bridgehead atoms. The number of amides is 2. The van der Waals surface area contributed by atoms with Gasteiger partial charge in [-0.15, -0.1) is 16.4 Å². The fourth-order valence-electron chi connectivity index (χ4n) is 4.54. The highest BCUT2D eigenvalue weighted by atomic mass is 35.5. The van der Waals surface area contributed by atoms with Crippen LogP contribution in [0, 0.1) is 11.3 Å². The van der Waals surface area contributed by atoms with Gasteiger partial charge in [-0.3, -0.25) is 4.79 Å². The smallest absolute Gasteiger partial charge is 0.404 e. The summed E-state index contributed by atoms with van der Waals surface area (Å²) in [5.74, 6) is 0.220. The van der Waals surface area contributed by atoms with Gasteiger partial charge in [-0.25, -0.2) is 9.48 Å². The van der Waals surface area contributed by atoms with Gasteiger partial charge in [-0.2, -0.15) is 0 Å². The Kier molecular flexibility index (Phi) is 7.82. The second-order valence-corrected chi connectivity index (χ2v) is 11.3. The van der Waals surface area contributed by atoms with Crippen molar-refractivity contribution in [1.29, 1.82) is 0 Å². The van der Waals surface area contributed by atoms with E-state index >= 15 is 0 Å². The molecule has 1 fully saturated rings. The summed E-state index contributed by atoms with van der Waals surface area (Å²) >= 11 is 7.63. The van der Waals surface area contributed by atoms with Crippen LogP contribution in [0.2, 0.25) is 4.34 Å². The van der Waals surface area contributed by atoms with E-state index in [0.29, 0.717) is 20.7 Å². The normalized spacial score (nSPS) is 17.0. The van der Waals surface area contributed by atoms with Crippen LogP contribution in [0.25, 0.3) is 11.3 Å². The Hall–Kier alpha value is -2.13. The number of carbonyl (C=O) groups excluding carboxylic acids is 1. The Morgan fingerprint density at radius 3 is 2.53 bits per heavy atom. The zero-order valence-electron chi connectivity index (χ0n) is 19.0. The van der Waals surface area contributed by atoms with E-state index in [1.165, 1.54) is 30.6 Å². The number of aromatic nitrogens is 3. The zero-order chi connectivity index (χ0) is 23.5. The van der Waals surface area contributed by atoms with Gasteiger partial charge in [0.1, 0.15) is 4.34 Å². The molecule has 0 aliphatic heterocycles. The van der Waals surface area contributed by atoms with Gasteiger partial charge in [-0.1, -0.05) is 69.7 Å². The topological polar surface area (TPSA) is 109 Å². The van der Waals surface area contributed by atoms with Crippen molar-refractivity contribution in [1.82, 2.24) is 25.6 Å². The first kappa shape index (κ1) is 24.5. The van der Waals surface area contributed by atoms with Crippen LogP contribution in [0.3, 0.4) is 0 Å². The first-order valence-electron chi connectivity index (χ1n) is 11.0. The molecule has 3 N–H and O–H groups in total. The number of nitrogens with zero attached hydrogens (tertiary/aromatic N) is 3. The van der Waals surface area contributed by atoms with Crippen LogP contribution in [0.15, 0.2) is 12.3 Å². The number of hydrogen-bond donors (Lipinski definition) is 3. The van der Waals surface area contributed by atoms with Gasteiger partial charge < -0.3 is 15.7 Å². The number of thiophene rings is 1. The first-order chi connectivity index (χ1) is 15.1. The maximum Gasteiger partial charge on any atom is 0.404 e. The monoisotopic (exact) mass is 481 g/mol. The zero-order valence-corrected chi connectivity index (χ0v) is 20.6. The van der Waals surface area contributed by atoms with Gasteiger partial charge in [0.25, 0.3) is 5.91 Å². The third-order valence-electron chi connectivity index (χ3n) is 6.14. The van der Waals surface area contributed by atoms with E-state index in [1.54, 1.807) is 24.0 Å². The van der Waals surface area contributed by atoms with E-state index < -0.39 is 12.1 Å². The average molecular weight is 482 g/mol. The summed E-state index contributed by atoms with van der Waals surface area (Å²) in [7, 11) is 1.77. The van der Waals surface area contributed by atoms with Gasteiger partial charge in [0.05, 0.1) is 28.9 Å². The number of hydrogen-bond acceptors (Lipinski definition) is 5. The molecule has 10 heteroatoms. The van der Waals surface area contributed by atoms with Gasteiger partial charge in [0.2, 0.25) is 0 Å². The molecule has 1 unspecified atom stereocenters. The van der Waals surface area contributed by atoms with Crippen LogP contribution in [0.5, 0.6) is 0 Å². The Morgan fingerprint density at radius 1 is 1.28 bits per heavy atom. The van der Waals surface area contributed by atoms with Gasteiger partial charge in [-0.05, 0) is 23.8 Å². The summed E-state index contributed by atoms with van der Waals surface area (Å²) < 4.78 is 2.09. The second kappa shape index (κ2) is 10.2. The second-order valence-electron chi connectivity index (χ2n) is 9.65. The third-order valence-corrected chi connectivity index (χ3v) is 7.50. The fraction of sp³-hybridized carbons (Fsp3) is 0.636. The fourth-order valence-corrected chi connectivity index (χ4v) is 5.74. The minimum atomic E-state index is -1.09. The molecule has 1 aliphatic rings. The van der Waals surface area contributed by atoms with Crippen molar-refractivity contribution in [2.45, 2.75) is 71.4 Å². The van der Waals surface area contributed by atoms with Gasteiger partial charge in [0.15, 0.2) is 0 Å². The molecule has 176 valence electrons. The highest BCUT2D eigenvalue weighted by molar-refractivity contribution is 7.18. The lowest BCUT2D eigenvalue weighted by molar-refractivity contribution is 0.0884. The summed E-state index contributed by atoms with van der Waals surface area (Å²) in [5.41, 5.74) is 1.06. The molecule has 0 spiro atoms. The van der Waals surface area contributed by atoms with Crippen molar-refractivity contribution in [2.75, 3.05) is 0 Å². The van der Waals surface area contributed by atoms with Crippen molar-refractivity contribution in [3.05, 3.63) is 21.5 Å². The van der Waals surface area contributed by atoms with Crippen molar-refractivity contribution < 1.29 is 14.7 Å². The predicted octanol–water partition coefficient (Wildman–Crippen LogP) is 4.95. The first-order valence-corrected chi connectivity index (χ1v) is 12.2. The molecular formula is C22H32ClN5O3S. The van der Waals surface area contributed by atoms with E-state index in [-0.39, 0.29) is 17.4 Å². The van der Waals surface area contributed by atoms with Crippen LogP contribution in [0.1, 0.15) is 69.0 Å². The van der Waals surface area contributed by atoms with Crippen LogP contribution in [-0.4, -0.2) is 44.2 Å².